The number of para-hydroxylation sites is 2. The van der Waals surface area contributed by atoms with E-state index in [0.717, 1.165) is 40.2 Å². The molecule has 7 heteroatoms. The van der Waals surface area contributed by atoms with Gasteiger partial charge in [0.1, 0.15) is 12.4 Å². The van der Waals surface area contributed by atoms with Gasteiger partial charge < -0.3 is 24.3 Å². The van der Waals surface area contributed by atoms with Crippen molar-refractivity contribution in [1.82, 2.24) is 5.32 Å². The Morgan fingerprint density at radius 1 is 1.21 bits per heavy atom. The van der Waals surface area contributed by atoms with Crippen LogP contribution in [0.5, 0.6) is 17.2 Å². The molecule has 0 radical (unpaired) electrons. The van der Waals surface area contributed by atoms with Crippen molar-refractivity contribution in [1.29, 1.82) is 0 Å². The molecule has 0 aromatic heterocycles. The molecule has 1 aliphatic rings. The van der Waals surface area contributed by atoms with E-state index in [1.165, 1.54) is 4.90 Å². The van der Waals surface area contributed by atoms with Crippen LogP contribution in [0.4, 0.5) is 0 Å². The predicted molar refractivity (Wildman–Crippen MR) is 120 cm³/mol. The molecule has 158 valence electrons. The van der Waals surface area contributed by atoms with Crippen LogP contribution in [0.25, 0.3) is 0 Å². The van der Waals surface area contributed by atoms with E-state index in [2.05, 4.69) is 30.4 Å². The Morgan fingerprint density at radius 2 is 2.07 bits per heavy atom. The summed E-state index contributed by atoms with van der Waals surface area (Å²) in [4.78, 5) is 2.29. The second-order valence-corrected chi connectivity index (χ2v) is 9.05. The highest BCUT2D eigenvalue weighted by atomic mass is 32.2. The first-order chi connectivity index (χ1) is 14.2. The van der Waals surface area contributed by atoms with E-state index in [0.29, 0.717) is 18.6 Å². The number of ether oxygens (including phenoxy) is 4. The second-order valence-electron chi connectivity index (χ2n) is 6.93. The summed E-state index contributed by atoms with van der Waals surface area (Å²) in [5.41, 5.74) is 0. The average molecular weight is 436 g/mol. The lowest BCUT2D eigenvalue weighted by Crippen LogP contribution is -2.39. The lowest BCUT2D eigenvalue weighted by molar-refractivity contribution is 0.0471. The maximum atomic E-state index is 5.97. The molecule has 0 spiro atoms. The third kappa shape index (κ3) is 6.47. The van der Waals surface area contributed by atoms with E-state index in [-0.39, 0.29) is 6.79 Å². The molecule has 3 rings (SSSR count). The minimum absolute atomic E-state index is 0.201. The maximum absolute atomic E-state index is 5.97. The van der Waals surface area contributed by atoms with Crippen molar-refractivity contribution in [2.24, 2.45) is 5.92 Å². The Bertz CT molecular complexity index is 747. The summed E-state index contributed by atoms with van der Waals surface area (Å²) in [7, 11) is 3.27. The topological polar surface area (TPSA) is 49.0 Å². The van der Waals surface area contributed by atoms with Crippen molar-refractivity contribution in [3.05, 3.63) is 42.5 Å². The number of rotatable bonds is 10. The predicted octanol–water partition coefficient (Wildman–Crippen LogP) is 4.55. The normalized spacial score (nSPS) is 17.0. The number of nitrogens with one attached hydrogen (secondary N) is 1. The third-order valence-corrected chi connectivity index (χ3v) is 7.08. The Labute approximate surface area is 181 Å². The first kappa shape index (κ1) is 22.2. The standard InChI is InChI=1S/C22H29NO4S2/c1-16(11-23-17-12-26-18-7-4-5-9-20(18)29-14-17)13-28-21-10-6-8-19(25-3)22(21)27-15-24-2/h4-10,16-17,23H,11-15H2,1-3H3/t16-,17+/m0/s1. The van der Waals surface area contributed by atoms with E-state index in [1.54, 1.807) is 26.0 Å². The van der Waals surface area contributed by atoms with Crippen molar-refractivity contribution < 1.29 is 18.9 Å². The molecule has 29 heavy (non-hydrogen) atoms. The van der Waals surface area contributed by atoms with Crippen LogP contribution in [0.3, 0.4) is 0 Å². The van der Waals surface area contributed by atoms with Gasteiger partial charge in [0, 0.05) is 23.5 Å². The zero-order chi connectivity index (χ0) is 20.5. The van der Waals surface area contributed by atoms with Gasteiger partial charge >= 0.3 is 0 Å². The summed E-state index contributed by atoms with van der Waals surface area (Å²) in [6, 6.07) is 14.5. The summed E-state index contributed by atoms with van der Waals surface area (Å²) in [5.74, 6) is 4.95. The Morgan fingerprint density at radius 3 is 2.90 bits per heavy atom. The highest BCUT2D eigenvalue weighted by molar-refractivity contribution is 7.99. The van der Waals surface area contributed by atoms with Gasteiger partial charge in [-0.3, -0.25) is 0 Å². The molecule has 1 N–H and O–H groups in total. The van der Waals surface area contributed by atoms with Gasteiger partial charge in [-0.1, -0.05) is 25.1 Å². The van der Waals surface area contributed by atoms with E-state index in [1.807, 2.05) is 36.0 Å². The molecule has 5 nitrogen and oxygen atoms in total. The van der Waals surface area contributed by atoms with E-state index in [4.69, 9.17) is 18.9 Å². The van der Waals surface area contributed by atoms with Gasteiger partial charge in [0.25, 0.3) is 0 Å². The fraction of sp³-hybridized carbons (Fsp3) is 0.455. The Balaban J connectivity index is 1.47. The molecule has 0 amide bonds. The van der Waals surface area contributed by atoms with E-state index >= 15 is 0 Å². The fourth-order valence-electron chi connectivity index (χ4n) is 2.92. The van der Waals surface area contributed by atoms with E-state index in [9.17, 15) is 0 Å². The van der Waals surface area contributed by atoms with Crippen LogP contribution >= 0.6 is 23.5 Å². The van der Waals surface area contributed by atoms with Crippen LogP contribution in [0.1, 0.15) is 6.92 Å². The SMILES string of the molecule is COCOc1c(OC)cccc1SC[C@@H](C)CN[C@@H]1COc2ccccc2SC1. The molecule has 2 aromatic carbocycles. The Kier molecular flexibility index (Phi) is 8.86. The number of methoxy groups -OCH3 is 2. The quantitative estimate of drug-likeness (QED) is 0.434. The van der Waals surface area contributed by atoms with Gasteiger partial charge in [0.15, 0.2) is 18.3 Å². The molecule has 1 heterocycles. The summed E-state index contributed by atoms with van der Waals surface area (Å²) >= 11 is 3.64. The van der Waals surface area contributed by atoms with Crippen LogP contribution in [-0.4, -0.2) is 51.7 Å². The van der Waals surface area contributed by atoms with Crippen LogP contribution in [-0.2, 0) is 4.74 Å². The highest BCUT2D eigenvalue weighted by Gasteiger charge is 2.18. The second kappa shape index (κ2) is 11.6. The molecule has 0 saturated carbocycles. The zero-order valence-corrected chi connectivity index (χ0v) is 18.8. The van der Waals surface area contributed by atoms with Gasteiger partial charge in [-0.2, -0.15) is 0 Å². The molecule has 0 bridgehead atoms. The smallest absolute Gasteiger partial charge is 0.188 e. The summed E-state index contributed by atoms with van der Waals surface area (Å²) in [6.07, 6.45) is 0. The molecular formula is C22H29NO4S2. The first-order valence-corrected chi connectivity index (χ1v) is 11.7. The largest absolute Gasteiger partial charge is 0.493 e. The lowest BCUT2D eigenvalue weighted by atomic mass is 10.2. The van der Waals surface area contributed by atoms with Gasteiger partial charge in [0.2, 0.25) is 0 Å². The van der Waals surface area contributed by atoms with Crippen LogP contribution < -0.4 is 19.5 Å². The summed E-state index contributed by atoms with van der Waals surface area (Å²) in [5, 5.41) is 3.67. The molecule has 0 unspecified atom stereocenters. The number of hydrogen-bond donors (Lipinski definition) is 1. The molecule has 2 aromatic rings. The molecular weight excluding hydrogens is 406 g/mol. The third-order valence-electron chi connectivity index (χ3n) is 4.49. The zero-order valence-electron chi connectivity index (χ0n) is 17.2. The van der Waals surface area contributed by atoms with Crippen LogP contribution in [0.2, 0.25) is 0 Å². The van der Waals surface area contributed by atoms with Crippen molar-refractivity contribution in [3.63, 3.8) is 0 Å². The van der Waals surface area contributed by atoms with Crippen molar-refractivity contribution in [3.8, 4) is 17.2 Å². The average Bonchev–Trinajstić information content (AvgIpc) is 2.97. The summed E-state index contributed by atoms with van der Waals surface area (Å²) in [6.45, 7) is 4.10. The van der Waals surface area contributed by atoms with Crippen molar-refractivity contribution in [2.45, 2.75) is 22.8 Å². The fourth-order valence-corrected chi connectivity index (χ4v) is 5.01. The number of thioether (sulfide) groups is 2. The molecule has 2 atom stereocenters. The Hall–Kier alpha value is -1.54. The maximum Gasteiger partial charge on any atom is 0.188 e. The highest BCUT2D eigenvalue weighted by Crippen LogP contribution is 2.38. The monoisotopic (exact) mass is 435 g/mol. The van der Waals surface area contributed by atoms with Gasteiger partial charge in [-0.05, 0) is 36.7 Å². The molecule has 0 saturated heterocycles. The lowest BCUT2D eigenvalue weighted by Gasteiger charge is -2.20. The molecule has 0 fully saturated rings. The number of hydrogen-bond acceptors (Lipinski definition) is 7. The minimum Gasteiger partial charge on any atom is -0.493 e. The van der Waals surface area contributed by atoms with Gasteiger partial charge in [0.05, 0.1) is 18.0 Å². The minimum atomic E-state index is 0.201. The summed E-state index contributed by atoms with van der Waals surface area (Å²) < 4.78 is 22.2. The number of fused-ring (bicyclic) bond motifs is 1. The van der Waals surface area contributed by atoms with Gasteiger partial charge in [-0.25, -0.2) is 0 Å². The van der Waals surface area contributed by atoms with Crippen LogP contribution in [0.15, 0.2) is 52.3 Å². The van der Waals surface area contributed by atoms with Crippen LogP contribution in [0, 0.1) is 5.92 Å². The first-order valence-electron chi connectivity index (χ1n) is 9.70. The molecule has 1 aliphatic heterocycles. The van der Waals surface area contributed by atoms with E-state index < -0.39 is 0 Å². The van der Waals surface area contributed by atoms with Gasteiger partial charge in [-0.15, -0.1) is 23.5 Å². The number of benzene rings is 2. The van der Waals surface area contributed by atoms with Crippen molar-refractivity contribution >= 4 is 23.5 Å². The van der Waals surface area contributed by atoms with Crippen molar-refractivity contribution in [2.75, 3.05) is 45.7 Å². The molecule has 0 aliphatic carbocycles.